The van der Waals surface area contributed by atoms with Crippen molar-refractivity contribution in [3.63, 3.8) is 0 Å². The van der Waals surface area contributed by atoms with E-state index in [1.54, 1.807) is 6.07 Å². The molecule has 6 heteroatoms. The summed E-state index contributed by atoms with van der Waals surface area (Å²) in [7, 11) is 0. The average Bonchev–Trinajstić information content (AvgIpc) is 2.33. The Hall–Kier alpha value is -2.50. The van der Waals surface area contributed by atoms with Crippen LogP contribution in [0.15, 0.2) is 29.3 Å². The Bertz CT molecular complexity index is 677. The van der Waals surface area contributed by atoms with Gasteiger partial charge in [-0.15, -0.1) is 0 Å². The quantitative estimate of drug-likeness (QED) is 0.851. The van der Waals surface area contributed by atoms with E-state index in [0.717, 1.165) is 11.1 Å². The lowest BCUT2D eigenvalue weighted by atomic mass is 10.1. The second kappa shape index (κ2) is 4.40. The highest BCUT2D eigenvalue weighted by atomic mass is 16.4. The fourth-order valence-electron chi connectivity index (χ4n) is 1.58. The minimum Gasteiger partial charge on any atom is -0.476 e. The van der Waals surface area contributed by atoms with Crippen LogP contribution in [0, 0.1) is 13.8 Å². The molecule has 0 aliphatic rings. The number of hydrogen-bond donors (Lipinski definition) is 1. The summed E-state index contributed by atoms with van der Waals surface area (Å²) in [6.07, 6.45) is 1.22. The molecule has 2 rings (SSSR count). The fourth-order valence-corrected chi connectivity index (χ4v) is 1.58. The standard InChI is InChI=1S/C12H11N3O3/c1-7-4-3-5-9(8(7)2)15-6-13-11(16)10(14-15)12(17)18/h3-6H,1-2H3,(H,17,18). The van der Waals surface area contributed by atoms with E-state index in [1.165, 1.54) is 11.0 Å². The van der Waals surface area contributed by atoms with E-state index >= 15 is 0 Å². The second-order valence-corrected chi connectivity index (χ2v) is 3.87. The van der Waals surface area contributed by atoms with Crippen molar-refractivity contribution in [2.45, 2.75) is 13.8 Å². The van der Waals surface area contributed by atoms with Gasteiger partial charge in [0, 0.05) is 0 Å². The van der Waals surface area contributed by atoms with Gasteiger partial charge < -0.3 is 5.11 Å². The number of aromatic nitrogens is 3. The molecule has 1 heterocycles. The normalized spacial score (nSPS) is 10.3. The first kappa shape index (κ1) is 12.0. The van der Waals surface area contributed by atoms with Crippen LogP contribution in [0.5, 0.6) is 0 Å². The van der Waals surface area contributed by atoms with Crippen molar-refractivity contribution in [1.82, 2.24) is 14.8 Å². The second-order valence-electron chi connectivity index (χ2n) is 3.87. The lowest BCUT2D eigenvalue weighted by molar-refractivity contribution is 0.0686. The maximum absolute atomic E-state index is 11.2. The molecule has 0 bridgehead atoms. The molecule has 0 unspecified atom stereocenters. The Balaban J connectivity index is 2.65. The Kier molecular flexibility index (Phi) is 2.93. The summed E-state index contributed by atoms with van der Waals surface area (Å²) >= 11 is 0. The number of aromatic carboxylic acids is 1. The first-order valence-corrected chi connectivity index (χ1v) is 5.26. The Morgan fingerprint density at radius 2 is 2.06 bits per heavy atom. The largest absolute Gasteiger partial charge is 0.476 e. The van der Waals surface area contributed by atoms with Crippen molar-refractivity contribution in [2.24, 2.45) is 0 Å². The summed E-state index contributed by atoms with van der Waals surface area (Å²) in [6, 6.07) is 5.55. The fraction of sp³-hybridized carbons (Fsp3) is 0.167. The van der Waals surface area contributed by atoms with Gasteiger partial charge in [-0.3, -0.25) is 4.79 Å². The lowest BCUT2D eigenvalue weighted by Crippen LogP contribution is -2.23. The zero-order chi connectivity index (χ0) is 13.3. The van der Waals surface area contributed by atoms with E-state index in [2.05, 4.69) is 10.1 Å². The number of carboxylic acid groups (broad SMARTS) is 1. The molecule has 0 amide bonds. The van der Waals surface area contributed by atoms with Crippen molar-refractivity contribution < 1.29 is 9.90 Å². The van der Waals surface area contributed by atoms with Crippen molar-refractivity contribution in [1.29, 1.82) is 0 Å². The minimum atomic E-state index is -1.38. The predicted octanol–water partition coefficient (Wildman–Crippen LogP) is 0.943. The summed E-state index contributed by atoms with van der Waals surface area (Å²) in [5.41, 5.74) is 1.27. The highest BCUT2D eigenvalue weighted by Crippen LogP contribution is 2.15. The van der Waals surface area contributed by atoms with Gasteiger partial charge in [0.15, 0.2) is 0 Å². The highest BCUT2D eigenvalue weighted by Gasteiger charge is 2.13. The van der Waals surface area contributed by atoms with Crippen molar-refractivity contribution in [3.8, 4) is 5.69 Å². The van der Waals surface area contributed by atoms with Crippen LogP contribution in [-0.2, 0) is 0 Å². The van der Waals surface area contributed by atoms with Gasteiger partial charge in [-0.2, -0.15) is 10.1 Å². The van der Waals surface area contributed by atoms with Gasteiger partial charge in [0.25, 0.3) is 0 Å². The third kappa shape index (κ3) is 2.00. The molecule has 0 saturated heterocycles. The van der Waals surface area contributed by atoms with E-state index in [0.29, 0.717) is 5.69 Å². The minimum absolute atomic E-state index is 0.585. The predicted molar refractivity (Wildman–Crippen MR) is 64.1 cm³/mol. The van der Waals surface area contributed by atoms with Crippen LogP contribution >= 0.6 is 0 Å². The molecule has 0 atom stereocenters. The molecule has 0 aliphatic carbocycles. The topological polar surface area (TPSA) is 85.1 Å². The third-order valence-electron chi connectivity index (χ3n) is 2.72. The molecular formula is C12H11N3O3. The molecule has 1 aromatic carbocycles. The molecule has 18 heavy (non-hydrogen) atoms. The summed E-state index contributed by atoms with van der Waals surface area (Å²) in [4.78, 5) is 25.6. The SMILES string of the molecule is Cc1cccc(-n2cnc(=O)c(C(=O)O)n2)c1C. The molecule has 2 aromatic rings. The van der Waals surface area contributed by atoms with Gasteiger partial charge in [0.05, 0.1) is 5.69 Å². The van der Waals surface area contributed by atoms with Gasteiger partial charge in [-0.05, 0) is 31.0 Å². The van der Waals surface area contributed by atoms with Gasteiger partial charge in [0.1, 0.15) is 6.33 Å². The molecule has 0 fully saturated rings. The van der Waals surface area contributed by atoms with Gasteiger partial charge in [0.2, 0.25) is 5.69 Å². The number of carbonyl (C=O) groups is 1. The van der Waals surface area contributed by atoms with Crippen molar-refractivity contribution in [2.75, 3.05) is 0 Å². The van der Waals surface area contributed by atoms with Crippen LogP contribution < -0.4 is 5.56 Å². The van der Waals surface area contributed by atoms with E-state index in [9.17, 15) is 9.59 Å². The van der Waals surface area contributed by atoms with E-state index in [-0.39, 0.29) is 0 Å². The van der Waals surface area contributed by atoms with Crippen LogP contribution in [0.1, 0.15) is 21.6 Å². The number of nitrogens with zero attached hydrogens (tertiary/aromatic N) is 3. The van der Waals surface area contributed by atoms with Crippen LogP contribution in [-0.4, -0.2) is 25.8 Å². The van der Waals surface area contributed by atoms with E-state index in [1.807, 2.05) is 26.0 Å². The molecule has 6 nitrogen and oxygen atoms in total. The van der Waals surface area contributed by atoms with Crippen LogP contribution in [0.2, 0.25) is 0 Å². The summed E-state index contributed by atoms with van der Waals surface area (Å²) < 4.78 is 1.30. The molecule has 0 radical (unpaired) electrons. The smallest absolute Gasteiger partial charge is 0.362 e. The maximum atomic E-state index is 11.2. The van der Waals surface area contributed by atoms with Crippen LogP contribution in [0.4, 0.5) is 0 Å². The van der Waals surface area contributed by atoms with Gasteiger partial charge in [-0.1, -0.05) is 12.1 Å². The molecule has 1 N–H and O–H groups in total. The number of hydrogen-bond acceptors (Lipinski definition) is 4. The molecule has 1 aromatic heterocycles. The summed E-state index contributed by atoms with van der Waals surface area (Å²) in [5.74, 6) is -1.38. The first-order valence-electron chi connectivity index (χ1n) is 5.26. The third-order valence-corrected chi connectivity index (χ3v) is 2.72. The van der Waals surface area contributed by atoms with Crippen molar-refractivity contribution >= 4 is 5.97 Å². The monoisotopic (exact) mass is 245 g/mol. The summed E-state index contributed by atoms with van der Waals surface area (Å²) in [6.45, 7) is 3.83. The number of aryl methyl sites for hydroxylation is 1. The van der Waals surface area contributed by atoms with Crippen LogP contribution in [0.25, 0.3) is 5.69 Å². The van der Waals surface area contributed by atoms with E-state index < -0.39 is 17.2 Å². The highest BCUT2D eigenvalue weighted by molar-refractivity contribution is 5.84. The average molecular weight is 245 g/mol. The van der Waals surface area contributed by atoms with E-state index in [4.69, 9.17) is 5.11 Å². The Morgan fingerprint density at radius 3 is 2.72 bits per heavy atom. The molecular weight excluding hydrogens is 234 g/mol. The zero-order valence-electron chi connectivity index (χ0n) is 9.91. The Labute approximate surface area is 103 Å². The zero-order valence-corrected chi connectivity index (χ0v) is 9.91. The van der Waals surface area contributed by atoms with Crippen LogP contribution in [0.3, 0.4) is 0 Å². The van der Waals surface area contributed by atoms with Crippen molar-refractivity contribution in [3.05, 3.63) is 51.7 Å². The number of rotatable bonds is 2. The molecule has 0 saturated carbocycles. The molecule has 0 spiro atoms. The number of carboxylic acids is 1. The molecule has 0 aliphatic heterocycles. The van der Waals surface area contributed by atoms with Gasteiger partial charge >= 0.3 is 11.5 Å². The summed E-state index contributed by atoms with van der Waals surface area (Å²) in [5, 5.41) is 12.6. The molecule has 92 valence electrons. The lowest BCUT2D eigenvalue weighted by Gasteiger charge is -2.10. The number of benzene rings is 1. The first-order chi connectivity index (χ1) is 8.50. The Morgan fingerprint density at radius 1 is 1.33 bits per heavy atom. The maximum Gasteiger partial charge on any atom is 0.362 e. The van der Waals surface area contributed by atoms with Gasteiger partial charge in [-0.25, -0.2) is 9.48 Å².